The zero-order chi connectivity index (χ0) is 13.1. The average Bonchev–Trinajstić information content (AvgIpc) is 2.38. The van der Waals surface area contributed by atoms with Gasteiger partial charge in [0.25, 0.3) is 5.69 Å². The zero-order valence-corrected chi connectivity index (χ0v) is 9.91. The van der Waals surface area contributed by atoms with Gasteiger partial charge in [0.05, 0.1) is 4.92 Å². The van der Waals surface area contributed by atoms with E-state index >= 15 is 0 Å². The molecule has 0 atom stereocenters. The average molecular weight is 243 g/mol. The van der Waals surface area contributed by atoms with Crippen LogP contribution in [0, 0.1) is 10.1 Å². The molecular weight excluding hydrogens is 230 g/mol. The molecule has 5 nitrogen and oxygen atoms in total. The van der Waals surface area contributed by atoms with Gasteiger partial charge in [-0.1, -0.05) is 18.2 Å². The first-order valence-electron chi connectivity index (χ1n) is 5.41. The predicted molar refractivity (Wildman–Crippen MR) is 72.0 cm³/mol. The fourth-order valence-electron chi connectivity index (χ4n) is 1.72. The molecule has 0 saturated heterocycles. The maximum atomic E-state index is 10.8. The van der Waals surface area contributed by atoms with Crippen LogP contribution in [0.4, 0.5) is 22.7 Å². The second-order valence-electron chi connectivity index (χ2n) is 3.93. The summed E-state index contributed by atoms with van der Waals surface area (Å²) in [6.45, 7) is 0. The van der Waals surface area contributed by atoms with Gasteiger partial charge in [-0.15, -0.1) is 0 Å². The van der Waals surface area contributed by atoms with E-state index in [4.69, 9.17) is 5.73 Å². The Labute approximate surface area is 105 Å². The Hall–Kier alpha value is -2.56. The van der Waals surface area contributed by atoms with E-state index in [1.54, 1.807) is 6.07 Å². The minimum atomic E-state index is -0.446. The molecule has 0 aliphatic carbocycles. The SMILES string of the molecule is CN(c1ccccc1)c1cc(N)cc([N+](=O)[O-])c1. The molecule has 0 spiro atoms. The summed E-state index contributed by atoms with van der Waals surface area (Å²) in [5.74, 6) is 0. The van der Waals surface area contributed by atoms with Crippen molar-refractivity contribution < 1.29 is 4.92 Å². The maximum Gasteiger partial charge on any atom is 0.273 e. The molecule has 2 aromatic carbocycles. The van der Waals surface area contributed by atoms with Crippen LogP contribution >= 0.6 is 0 Å². The second-order valence-corrected chi connectivity index (χ2v) is 3.93. The largest absolute Gasteiger partial charge is 0.398 e. The Morgan fingerprint density at radius 1 is 1.11 bits per heavy atom. The summed E-state index contributed by atoms with van der Waals surface area (Å²) in [7, 11) is 1.84. The Morgan fingerprint density at radius 2 is 1.78 bits per heavy atom. The molecule has 0 radical (unpaired) electrons. The molecule has 18 heavy (non-hydrogen) atoms. The van der Waals surface area contributed by atoms with Crippen molar-refractivity contribution in [2.24, 2.45) is 0 Å². The number of nitro groups is 1. The van der Waals surface area contributed by atoms with Crippen molar-refractivity contribution in [1.29, 1.82) is 0 Å². The molecule has 0 amide bonds. The fraction of sp³-hybridized carbons (Fsp3) is 0.0769. The molecule has 0 saturated carbocycles. The van der Waals surface area contributed by atoms with Gasteiger partial charge in [0.15, 0.2) is 0 Å². The molecule has 2 aromatic rings. The van der Waals surface area contributed by atoms with E-state index in [9.17, 15) is 10.1 Å². The van der Waals surface area contributed by atoms with Crippen molar-refractivity contribution >= 4 is 22.7 Å². The summed E-state index contributed by atoms with van der Waals surface area (Å²) >= 11 is 0. The van der Waals surface area contributed by atoms with E-state index in [2.05, 4.69) is 0 Å². The Morgan fingerprint density at radius 3 is 2.39 bits per heavy atom. The van der Waals surface area contributed by atoms with Gasteiger partial charge in [0, 0.05) is 36.2 Å². The molecular formula is C13H13N3O2. The minimum Gasteiger partial charge on any atom is -0.398 e. The van der Waals surface area contributed by atoms with Crippen molar-refractivity contribution in [2.75, 3.05) is 17.7 Å². The molecule has 0 heterocycles. The van der Waals surface area contributed by atoms with E-state index in [1.165, 1.54) is 12.1 Å². The Bertz CT molecular complexity index is 570. The van der Waals surface area contributed by atoms with Crippen LogP contribution in [-0.4, -0.2) is 12.0 Å². The normalized spacial score (nSPS) is 10.1. The molecule has 0 aliphatic rings. The molecule has 0 unspecified atom stereocenters. The lowest BCUT2D eigenvalue weighted by Gasteiger charge is -2.19. The molecule has 0 bridgehead atoms. The van der Waals surface area contributed by atoms with Crippen LogP contribution in [0.15, 0.2) is 48.5 Å². The smallest absolute Gasteiger partial charge is 0.273 e. The second kappa shape index (κ2) is 4.75. The minimum absolute atomic E-state index is 0.00668. The van der Waals surface area contributed by atoms with Gasteiger partial charge >= 0.3 is 0 Å². The van der Waals surface area contributed by atoms with Crippen LogP contribution in [-0.2, 0) is 0 Å². The molecule has 0 aromatic heterocycles. The van der Waals surface area contributed by atoms with Gasteiger partial charge in [-0.2, -0.15) is 0 Å². The summed E-state index contributed by atoms with van der Waals surface area (Å²) in [5.41, 5.74) is 7.68. The van der Waals surface area contributed by atoms with Gasteiger partial charge in [0.1, 0.15) is 0 Å². The van der Waals surface area contributed by atoms with Gasteiger partial charge in [-0.25, -0.2) is 0 Å². The highest BCUT2D eigenvalue weighted by atomic mass is 16.6. The van der Waals surface area contributed by atoms with Crippen LogP contribution in [0.25, 0.3) is 0 Å². The van der Waals surface area contributed by atoms with Crippen molar-refractivity contribution in [3.63, 3.8) is 0 Å². The lowest BCUT2D eigenvalue weighted by atomic mass is 10.2. The number of benzene rings is 2. The van der Waals surface area contributed by atoms with E-state index in [0.717, 1.165) is 5.69 Å². The number of hydrogen-bond donors (Lipinski definition) is 1. The number of para-hydroxylation sites is 1. The van der Waals surface area contributed by atoms with Crippen LogP contribution in [0.2, 0.25) is 0 Å². The van der Waals surface area contributed by atoms with Crippen LogP contribution in [0.3, 0.4) is 0 Å². The highest BCUT2D eigenvalue weighted by Gasteiger charge is 2.11. The van der Waals surface area contributed by atoms with Crippen molar-refractivity contribution in [3.05, 3.63) is 58.6 Å². The highest BCUT2D eigenvalue weighted by molar-refractivity contribution is 5.69. The van der Waals surface area contributed by atoms with Gasteiger partial charge < -0.3 is 10.6 Å². The number of nitrogen functional groups attached to an aromatic ring is 1. The monoisotopic (exact) mass is 243 g/mol. The van der Waals surface area contributed by atoms with E-state index in [-0.39, 0.29) is 5.69 Å². The number of nitro benzene ring substituents is 1. The first kappa shape index (κ1) is 11.9. The van der Waals surface area contributed by atoms with Crippen molar-refractivity contribution in [2.45, 2.75) is 0 Å². The van der Waals surface area contributed by atoms with Crippen LogP contribution in [0.5, 0.6) is 0 Å². The summed E-state index contributed by atoms with van der Waals surface area (Å²) in [5, 5.41) is 10.8. The number of non-ortho nitro benzene ring substituents is 1. The number of nitrogens with two attached hydrogens (primary N) is 1. The van der Waals surface area contributed by atoms with Gasteiger partial charge in [0.2, 0.25) is 0 Å². The van der Waals surface area contributed by atoms with Crippen molar-refractivity contribution in [1.82, 2.24) is 0 Å². The molecule has 92 valence electrons. The van der Waals surface area contributed by atoms with E-state index in [1.807, 2.05) is 42.3 Å². The number of hydrogen-bond acceptors (Lipinski definition) is 4. The summed E-state index contributed by atoms with van der Waals surface area (Å²) < 4.78 is 0. The third kappa shape index (κ3) is 2.40. The Balaban J connectivity index is 2.42. The van der Waals surface area contributed by atoms with E-state index < -0.39 is 4.92 Å². The number of anilines is 3. The number of rotatable bonds is 3. The fourth-order valence-corrected chi connectivity index (χ4v) is 1.72. The predicted octanol–water partition coefficient (Wildman–Crippen LogP) is 2.94. The third-order valence-electron chi connectivity index (χ3n) is 2.67. The van der Waals surface area contributed by atoms with Gasteiger partial charge in [-0.05, 0) is 18.2 Å². The maximum absolute atomic E-state index is 10.8. The quantitative estimate of drug-likeness (QED) is 0.511. The Kier molecular flexibility index (Phi) is 3.14. The lowest BCUT2D eigenvalue weighted by Crippen LogP contribution is -2.10. The topological polar surface area (TPSA) is 72.4 Å². The van der Waals surface area contributed by atoms with Gasteiger partial charge in [-0.3, -0.25) is 10.1 Å². The summed E-state index contributed by atoms with van der Waals surface area (Å²) in [6.07, 6.45) is 0. The standard InChI is InChI=1S/C13H13N3O2/c1-15(11-5-3-2-4-6-11)12-7-10(14)8-13(9-12)16(17)18/h2-9H,14H2,1H3. The molecule has 0 aliphatic heterocycles. The van der Waals surface area contributed by atoms with Crippen LogP contribution < -0.4 is 10.6 Å². The highest BCUT2D eigenvalue weighted by Crippen LogP contribution is 2.29. The zero-order valence-electron chi connectivity index (χ0n) is 9.91. The first-order chi connectivity index (χ1) is 8.58. The first-order valence-corrected chi connectivity index (χ1v) is 5.41. The van der Waals surface area contributed by atoms with Crippen LogP contribution in [0.1, 0.15) is 0 Å². The van der Waals surface area contributed by atoms with Crippen molar-refractivity contribution in [3.8, 4) is 0 Å². The molecule has 2 rings (SSSR count). The molecule has 2 N–H and O–H groups in total. The summed E-state index contributed by atoms with van der Waals surface area (Å²) in [6, 6.07) is 14.1. The lowest BCUT2D eigenvalue weighted by molar-refractivity contribution is -0.384. The third-order valence-corrected chi connectivity index (χ3v) is 2.67. The number of nitrogens with zero attached hydrogens (tertiary/aromatic N) is 2. The molecule has 0 fully saturated rings. The molecule has 5 heteroatoms. The van der Waals surface area contributed by atoms with E-state index in [0.29, 0.717) is 11.4 Å². The summed E-state index contributed by atoms with van der Waals surface area (Å²) in [4.78, 5) is 12.2.